The van der Waals surface area contributed by atoms with Crippen LogP contribution < -0.4 is 4.72 Å². The third kappa shape index (κ3) is 3.91. The highest BCUT2D eigenvalue weighted by Gasteiger charge is 2.21. The van der Waals surface area contributed by atoms with E-state index in [0.717, 1.165) is 18.2 Å². The van der Waals surface area contributed by atoms with Crippen LogP contribution in [-0.2, 0) is 19.5 Å². The summed E-state index contributed by atoms with van der Waals surface area (Å²) in [5, 5.41) is 18.3. The smallest absolute Gasteiger partial charge is 0.339 e. The fourth-order valence-corrected chi connectivity index (χ4v) is 2.89. The van der Waals surface area contributed by atoms with Gasteiger partial charge in [0.05, 0.1) is 30.8 Å². The molecule has 0 radical (unpaired) electrons. The summed E-state index contributed by atoms with van der Waals surface area (Å²) in [6.45, 7) is 1.18. The predicted molar refractivity (Wildman–Crippen MR) is 70.8 cm³/mol. The summed E-state index contributed by atoms with van der Waals surface area (Å²) in [5.41, 5.74) is -0.477. The number of aromatic carboxylic acids is 1. The summed E-state index contributed by atoms with van der Waals surface area (Å²) >= 11 is 0. The van der Waals surface area contributed by atoms with E-state index < -0.39 is 27.3 Å². The molecule has 0 aromatic heterocycles. The first-order valence-corrected chi connectivity index (χ1v) is 7.64. The number of sulfonamides is 1. The number of hydrogen-bond acceptors (Lipinski definition) is 6. The molecule has 116 valence electrons. The second kappa shape index (κ2) is 6.39. The van der Waals surface area contributed by atoms with Crippen molar-refractivity contribution >= 4 is 16.0 Å². The first kappa shape index (κ1) is 15.7. The van der Waals surface area contributed by atoms with E-state index in [1.165, 1.54) is 0 Å². The number of phenols is 1. The van der Waals surface area contributed by atoms with Crippen LogP contribution in [0.2, 0.25) is 0 Å². The molecule has 1 saturated heterocycles. The first-order valence-electron chi connectivity index (χ1n) is 6.15. The van der Waals surface area contributed by atoms with Gasteiger partial charge in [0.25, 0.3) is 0 Å². The molecule has 1 aromatic carbocycles. The molecule has 1 fully saturated rings. The van der Waals surface area contributed by atoms with E-state index in [-0.39, 0.29) is 17.5 Å². The number of carboxylic acid groups (broad SMARTS) is 1. The van der Waals surface area contributed by atoms with Gasteiger partial charge in [0.15, 0.2) is 0 Å². The van der Waals surface area contributed by atoms with Crippen molar-refractivity contribution in [3.05, 3.63) is 23.8 Å². The number of nitrogens with one attached hydrogen (secondary N) is 1. The zero-order valence-corrected chi connectivity index (χ0v) is 11.8. The Labute approximate surface area is 121 Å². The zero-order valence-electron chi connectivity index (χ0n) is 11.0. The van der Waals surface area contributed by atoms with Crippen LogP contribution in [0.3, 0.4) is 0 Å². The van der Waals surface area contributed by atoms with Gasteiger partial charge < -0.3 is 19.7 Å². The fraction of sp³-hybridized carbons (Fsp3) is 0.417. The molecule has 3 N–H and O–H groups in total. The summed E-state index contributed by atoms with van der Waals surface area (Å²) in [6.07, 6.45) is -0.385. The lowest BCUT2D eigenvalue weighted by Gasteiger charge is -2.23. The molecule has 8 nitrogen and oxygen atoms in total. The molecule has 0 spiro atoms. The number of aromatic hydroxyl groups is 1. The minimum Gasteiger partial charge on any atom is -0.507 e. The van der Waals surface area contributed by atoms with Crippen molar-refractivity contribution in [2.45, 2.75) is 11.0 Å². The Hall–Kier alpha value is -1.68. The SMILES string of the molecule is O=C(O)c1cc(S(=O)(=O)NCC2COCCO2)ccc1O. The Balaban J connectivity index is 2.11. The molecular formula is C12H15NO7S. The summed E-state index contributed by atoms with van der Waals surface area (Å²) in [6, 6.07) is 3.05. The van der Waals surface area contributed by atoms with Crippen molar-refractivity contribution in [1.29, 1.82) is 0 Å². The van der Waals surface area contributed by atoms with Crippen molar-refractivity contribution in [1.82, 2.24) is 4.72 Å². The molecule has 1 aliphatic heterocycles. The Kier molecular flexibility index (Phi) is 4.78. The summed E-state index contributed by atoms with van der Waals surface area (Å²) < 4.78 is 36.9. The molecule has 1 aromatic rings. The van der Waals surface area contributed by atoms with E-state index in [1.54, 1.807) is 0 Å². The minimum absolute atomic E-state index is 0.0195. The molecule has 1 heterocycles. The fourth-order valence-electron chi connectivity index (χ4n) is 1.79. The van der Waals surface area contributed by atoms with Crippen LogP contribution in [0.1, 0.15) is 10.4 Å². The molecule has 0 saturated carbocycles. The highest BCUT2D eigenvalue weighted by atomic mass is 32.2. The third-order valence-corrected chi connectivity index (χ3v) is 4.32. The number of ether oxygens (including phenoxy) is 2. The van der Waals surface area contributed by atoms with Crippen LogP contribution in [0.25, 0.3) is 0 Å². The Morgan fingerprint density at radius 1 is 1.38 bits per heavy atom. The van der Waals surface area contributed by atoms with E-state index >= 15 is 0 Å². The monoisotopic (exact) mass is 317 g/mol. The second-order valence-corrected chi connectivity index (χ2v) is 6.17. The Morgan fingerprint density at radius 3 is 2.76 bits per heavy atom. The van der Waals surface area contributed by atoms with E-state index in [1.807, 2.05) is 0 Å². The van der Waals surface area contributed by atoms with E-state index in [0.29, 0.717) is 19.8 Å². The normalized spacial score (nSPS) is 19.3. The number of rotatable bonds is 5. The molecule has 0 amide bonds. The van der Waals surface area contributed by atoms with E-state index in [2.05, 4.69) is 4.72 Å². The van der Waals surface area contributed by atoms with Crippen molar-refractivity contribution in [3.63, 3.8) is 0 Å². The Morgan fingerprint density at radius 2 is 2.14 bits per heavy atom. The van der Waals surface area contributed by atoms with Crippen molar-refractivity contribution in [2.24, 2.45) is 0 Å². The minimum atomic E-state index is -3.89. The molecular weight excluding hydrogens is 302 g/mol. The first-order chi connectivity index (χ1) is 9.90. The number of carboxylic acids is 1. The van der Waals surface area contributed by atoms with Crippen LogP contribution in [0.5, 0.6) is 5.75 Å². The summed E-state index contributed by atoms with van der Waals surface area (Å²) in [5.74, 6) is -1.90. The van der Waals surface area contributed by atoms with Crippen molar-refractivity contribution in [2.75, 3.05) is 26.4 Å². The standard InChI is InChI=1S/C12H15NO7S/c14-11-2-1-9(5-10(11)12(15)16)21(17,18)13-6-8-7-19-3-4-20-8/h1-2,5,8,13-14H,3-4,6-7H2,(H,15,16). The topological polar surface area (TPSA) is 122 Å². The Bertz CT molecular complexity index is 622. The van der Waals surface area contributed by atoms with Crippen LogP contribution in [-0.4, -0.2) is 57.1 Å². The molecule has 9 heteroatoms. The molecule has 0 aliphatic carbocycles. The van der Waals surface area contributed by atoms with Crippen LogP contribution >= 0.6 is 0 Å². The van der Waals surface area contributed by atoms with Crippen molar-refractivity contribution in [3.8, 4) is 5.75 Å². The highest BCUT2D eigenvalue weighted by Crippen LogP contribution is 2.21. The van der Waals surface area contributed by atoms with E-state index in [9.17, 15) is 18.3 Å². The molecule has 0 bridgehead atoms. The number of hydrogen-bond donors (Lipinski definition) is 3. The van der Waals surface area contributed by atoms with Gasteiger partial charge in [-0.15, -0.1) is 0 Å². The molecule has 2 rings (SSSR count). The lowest BCUT2D eigenvalue weighted by Crippen LogP contribution is -2.39. The average Bonchev–Trinajstić information content (AvgIpc) is 2.46. The number of benzene rings is 1. The van der Waals surface area contributed by atoms with Gasteiger partial charge in [-0.05, 0) is 18.2 Å². The third-order valence-electron chi connectivity index (χ3n) is 2.89. The molecule has 21 heavy (non-hydrogen) atoms. The zero-order chi connectivity index (χ0) is 15.5. The predicted octanol–water partition coefficient (Wildman–Crippen LogP) is -0.216. The van der Waals surface area contributed by atoms with Crippen LogP contribution in [0, 0.1) is 0 Å². The molecule has 1 unspecified atom stereocenters. The largest absolute Gasteiger partial charge is 0.507 e. The van der Waals surface area contributed by atoms with Crippen molar-refractivity contribution < 1.29 is 32.9 Å². The van der Waals surface area contributed by atoms with Gasteiger partial charge in [-0.1, -0.05) is 0 Å². The van der Waals surface area contributed by atoms with Crippen LogP contribution in [0.15, 0.2) is 23.1 Å². The van der Waals surface area contributed by atoms with Gasteiger partial charge in [-0.2, -0.15) is 0 Å². The maximum Gasteiger partial charge on any atom is 0.339 e. The van der Waals surface area contributed by atoms with Gasteiger partial charge in [-0.25, -0.2) is 17.9 Å². The van der Waals surface area contributed by atoms with Gasteiger partial charge in [-0.3, -0.25) is 0 Å². The van der Waals surface area contributed by atoms with Gasteiger partial charge in [0, 0.05) is 6.54 Å². The lowest BCUT2D eigenvalue weighted by atomic mass is 10.2. The maximum atomic E-state index is 12.1. The molecule has 1 aliphatic rings. The quantitative estimate of drug-likeness (QED) is 0.686. The van der Waals surface area contributed by atoms with E-state index in [4.69, 9.17) is 14.6 Å². The average molecular weight is 317 g/mol. The highest BCUT2D eigenvalue weighted by molar-refractivity contribution is 7.89. The molecule has 1 atom stereocenters. The van der Waals surface area contributed by atoms with Crippen LogP contribution in [0.4, 0.5) is 0 Å². The maximum absolute atomic E-state index is 12.1. The van der Waals surface area contributed by atoms with Gasteiger partial charge in [0.1, 0.15) is 11.3 Å². The second-order valence-electron chi connectivity index (χ2n) is 4.40. The number of carbonyl (C=O) groups is 1. The lowest BCUT2D eigenvalue weighted by molar-refractivity contribution is -0.0846. The summed E-state index contributed by atoms with van der Waals surface area (Å²) in [4.78, 5) is 10.7. The summed E-state index contributed by atoms with van der Waals surface area (Å²) in [7, 11) is -3.89. The van der Waals surface area contributed by atoms with Gasteiger partial charge in [0.2, 0.25) is 10.0 Å². The van der Waals surface area contributed by atoms with Gasteiger partial charge >= 0.3 is 5.97 Å².